The Morgan fingerprint density at radius 3 is 2.44 bits per heavy atom. The zero-order valence-corrected chi connectivity index (χ0v) is 10.5. The third-order valence-electron chi connectivity index (χ3n) is 2.14. The van der Waals surface area contributed by atoms with Crippen molar-refractivity contribution in [3.8, 4) is 0 Å². The van der Waals surface area contributed by atoms with Gasteiger partial charge in [-0.25, -0.2) is 0 Å². The molecule has 0 saturated heterocycles. The summed E-state index contributed by atoms with van der Waals surface area (Å²) in [7, 11) is 0. The van der Waals surface area contributed by atoms with Gasteiger partial charge < -0.3 is 4.42 Å². The molecule has 0 spiro atoms. The van der Waals surface area contributed by atoms with Gasteiger partial charge in [0, 0.05) is 0 Å². The van der Waals surface area contributed by atoms with Crippen LogP contribution in [0.3, 0.4) is 0 Å². The summed E-state index contributed by atoms with van der Waals surface area (Å²) < 4.78 is 5.69. The van der Waals surface area contributed by atoms with Gasteiger partial charge in [-0.2, -0.15) is 0 Å². The largest absolute Gasteiger partial charge is 0.446 e. The number of hydrogen-bond acceptors (Lipinski definition) is 2. The first kappa shape index (κ1) is 11.4. The highest BCUT2D eigenvalue weighted by atomic mass is 79.9. The fourth-order valence-corrected chi connectivity index (χ4v) is 1.90. The zero-order valence-electron chi connectivity index (χ0n) is 8.19. The Morgan fingerprint density at radius 2 is 1.88 bits per heavy atom. The topological polar surface area (TPSA) is 30.2 Å². The van der Waals surface area contributed by atoms with E-state index in [4.69, 9.17) is 16.0 Å². The number of Topliss-reactive ketones (excluding diaryl/α,β-unsaturated/α-hetero) is 1. The Hall–Kier alpha value is -1.06. The Balaban J connectivity index is 2.23. The van der Waals surface area contributed by atoms with Crippen molar-refractivity contribution in [1.29, 1.82) is 0 Å². The lowest BCUT2D eigenvalue weighted by molar-refractivity contribution is 0.0959. The summed E-state index contributed by atoms with van der Waals surface area (Å²) in [6.45, 7) is 0. The fourth-order valence-electron chi connectivity index (χ4n) is 1.34. The number of benzene rings is 1. The monoisotopic (exact) mass is 298 g/mol. The van der Waals surface area contributed by atoms with Crippen molar-refractivity contribution in [2.24, 2.45) is 0 Å². The van der Waals surface area contributed by atoms with Gasteiger partial charge in [-0.15, -0.1) is 11.6 Å². The summed E-state index contributed by atoms with van der Waals surface area (Å²) in [6.07, 6.45) is 0. The Morgan fingerprint density at radius 1 is 1.19 bits per heavy atom. The molecule has 16 heavy (non-hydrogen) atoms. The molecule has 1 unspecified atom stereocenters. The molecule has 2 aromatic rings. The van der Waals surface area contributed by atoms with Gasteiger partial charge in [0.2, 0.25) is 5.78 Å². The Labute approximate surface area is 106 Å². The maximum Gasteiger partial charge on any atom is 0.220 e. The van der Waals surface area contributed by atoms with Crippen molar-refractivity contribution in [1.82, 2.24) is 0 Å². The number of furan rings is 1. The van der Waals surface area contributed by atoms with E-state index in [-0.39, 0.29) is 11.5 Å². The highest BCUT2D eigenvalue weighted by Crippen LogP contribution is 2.26. The molecule has 0 aliphatic rings. The molecule has 1 atom stereocenters. The first-order valence-electron chi connectivity index (χ1n) is 4.67. The molecule has 1 aromatic heterocycles. The number of carbonyl (C=O) groups excluding carboxylic acids is 1. The maximum absolute atomic E-state index is 11.9. The van der Waals surface area contributed by atoms with E-state index in [1.165, 1.54) is 0 Å². The van der Waals surface area contributed by atoms with Crippen LogP contribution in [0.1, 0.15) is 21.5 Å². The predicted octanol–water partition coefficient (Wildman–Crippen LogP) is 4.20. The summed E-state index contributed by atoms with van der Waals surface area (Å²) in [4.78, 5) is 11.9. The van der Waals surface area contributed by atoms with Crippen LogP contribution in [-0.2, 0) is 0 Å². The molecule has 0 fully saturated rings. The minimum Gasteiger partial charge on any atom is -0.446 e. The quantitative estimate of drug-likeness (QED) is 0.628. The lowest BCUT2D eigenvalue weighted by Gasteiger charge is -2.06. The summed E-state index contributed by atoms with van der Waals surface area (Å²) in [5.41, 5.74) is 0.765. The van der Waals surface area contributed by atoms with Crippen LogP contribution in [0.25, 0.3) is 0 Å². The molecule has 0 bridgehead atoms. The summed E-state index contributed by atoms with van der Waals surface area (Å²) >= 11 is 9.22. The first-order valence-corrected chi connectivity index (χ1v) is 5.90. The van der Waals surface area contributed by atoms with Gasteiger partial charge in [0.15, 0.2) is 10.4 Å². The zero-order chi connectivity index (χ0) is 11.5. The minimum absolute atomic E-state index is 0.237. The van der Waals surface area contributed by atoms with E-state index in [1.54, 1.807) is 12.1 Å². The number of rotatable bonds is 3. The average Bonchev–Trinajstić information content (AvgIpc) is 2.75. The molecule has 0 N–H and O–H groups in total. The van der Waals surface area contributed by atoms with Crippen LogP contribution < -0.4 is 0 Å². The summed E-state index contributed by atoms with van der Waals surface area (Å²) in [6, 6.07) is 12.5. The Bertz CT molecular complexity index is 493. The number of hydrogen-bond donors (Lipinski definition) is 0. The molecule has 0 saturated carbocycles. The van der Waals surface area contributed by atoms with Crippen LogP contribution in [-0.4, -0.2) is 5.78 Å². The van der Waals surface area contributed by atoms with Gasteiger partial charge in [0.05, 0.1) is 0 Å². The molecular formula is C12H8BrClO2. The van der Waals surface area contributed by atoms with E-state index in [0.717, 1.165) is 5.56 Å². The minimum atomic E-state index is -0.709. The lowest BCUT2D eigenvalue weighted by Crippen LogP contribution is -2.06. The molecule has 0 aliphatic carbocycles. The lowest BCUT2D eigenvalue weighted by atomic mass is 10.1. The molecule has 1 aromatic carbocycles. The van der Waals surface area contributed by atoms with Crippen LogP contribution in [0.4, 0.5) is 0 Å². The van der Waals surface area contributed by atoms with Gasteiger partial charge >= 0.3 is 0 Å². The molecule has 1 heterocycles. The number of carbonyl (C=O) groups is 1. The Kier molecular flexibility index (Phi) is 3.46. The molecule has 82 valence electrons. The van der Waals surface area contributed by atoms with Gasteiger partial charge in [-0.3, -0.25) is 4.79 Å². The second-order valence-corrected chi connectivity index (χ2v) is 4.46. The van der Waals surface area contributed by atoms with E-state index < -0.39 is 5.38 Å². The molecule has 0 radical (unpaired) electrons. The van der Waals surface area contributed by atoms with Crippen LogP contribution >= 0.6 is 27.5 Å². The van der Waals surface area contributed by atoms with Gasteiger partial charge in [0.1, 0.15) is 5.38 Å². The molecule has 4 heteroatoms. The molecule has 2 nitrogen and oxygen atoms in total. The van der Waals surface area contributed by atoms with E-state index in [9.17, 15) is 4.79 Å². The molecular weight excluding hydrogens is 291 g/mol. The van der Waals surface area contributed by atoms with Crippen LogP contribution in [0.2, 0.25) is 0 Å². The van der Waals surface area contributed by atoms with Crippen LogP contribution in [0.15, 0.2) is 51.6 Å². The molecule has 0 aliphatic heterocycles. The highest BCUT2D eigenvalue weighted by molar-refractivity contribution is 9.10. The van der Waals surface area contributed by atoms with Crippen molar-refractivity contribution in [3.63, 3.8) is 0 Å². The predicted molar refractivity (Wildman–Crippen MR) is 65.8 cm³/mol. The third-order valence-corrected chi connectivity index (χ3v) is 3.01. The van der Waals surface area contributed by atoms with Crippen molar-refractivity contribution in [3.05, 3.63) is 58.5 Å². The van der Waals surface area contributed by atoms with Gasteiger partial charge in [-0.1, -0.05) is 30.3 Å². The van der Waals surface area contributed by atoms with Crippen molar-refractivity contribution in [2.75, 3.05) is 0 Å². The third kappa shape index (κ3) is 2.36. The van der Waals surface area contributed by atoms with Crippen molar-refractivity contribution >= 4 is 33.3 Å². The number of halogens is 2. The highest BCUT2D eigenvalue weighted by Gasteiger charge is 2.21. The average molecular weight is 300 g/mol. The molecule has 0 amide bonds. The van der Waals surface area contributed by atoms with E-state index in [1.807, 2.05) is 30.3 Å². The maximum atomic E-state index is 11.9. The standard InChI is InChI=1S/C12H8BrClO2/c13-10-7-6-9(16-10)12(15)11(14)8-4-2-1-3-5-8/h1-7,11H. The SMILES string of the molecule is O=C(c1ccc(Br)o1)C(Cl)c1ccccc1. The van der Waals surface area contributed by atoms with Crippen molar-refractivity contribution < 1.29 is 9.21 Å². The van der Waals surface area contributed by atoms with Gasteiger partial charge in [-0.05, 0) is 33.6 Å². The fraction of sp³-hybridized carbons (Fsp3) is 0.0833. The normalized spacial score (nSPS) is 12.4. The number of ketones is 1. The molecule has 2 rings (SSSR count). The summed E-state index contributed by atoms with van der Waals surface area (Å²) in [5.74, 6) is 0.0225. The van der Waals surface area contributed by atoms with Crippen LogP contribution in [0.5, 0.6) is 0 Å². The van der Waals surface area contributed by atoms with E-state index in [2.05, 4.69) is 15.9 Å². The number of alkyl halides is 1. The van der Waals surface area contributed by atoms with Crippen molar-refractivity contribution in [2.45, 2.75) is 5.38 Å². The first-order chi connectivity index (χ1) is 7.68. The second kappa shape index (κ2) is 4.85. The smallest absolute Gasteiger partial charge is 0.220 e. The summed E-state index contributed by atoms with van der Waals surface area (Å²) in [5, 5.41) is -0.709. The van der Waals surface area contributed by atoms with Gasteiger partial charge in [0.25, 0.3) is 0 Å². The van der Waals surface area contributed by atoms with E-state index in [0.29, 0.717) is 4.67 Å². The second-order valence-electron chi connectivity index (χ2n) is 3.24. The van der Waals surface area contributed by atoms with E-state index >= 15 is 0 Å². The van der Waals surface area contributed by atoms with Crippen LogP contribution in [0, 0.1) is 0 Å².